The van der Waals surface area contributed by atoms with Crippen LogP contribution in [0.2, 0.25) is 0 Å². The normalized spacial score (nSPS) is 13.8. The van der Waals surface area contributed by atoms with E-state index in [1.165, 1.54) is 0 Å². The van der Waals surface area contributed by atoms with Gasteiger partial charge in [0.15, 0.2) is 0 Å². The Bertz CT molecular complexity index is 711. The van der Waals surface area contributed by atoms with Crippen LogP contribution in [0.4, 0.5) is 0 Å². The highest BCUT2D eigenvalue weighted by atomic mass is 16.5. The van der Waals surface area contributed by atoms with Crippen molar-refractivity contribution in [1.29, 1.82) is 0 Å². The van der Waals surface area contributed by atoms with Crippen molar-refractivity contribution in [2.24, 2.45) is 0 Å². The van der Waals surface area contributed by atoms with Gasteiger partial charge in [-0.25, -0.2) is 0 Å². The van der Waals surface area contributed by atoms with Gasteiger partial charge in [-0.15, -0.1) is 0 Å². The number of benzene rings is 2. The molecule has 1 fully saturated rings. The SMILES string of the molecule is COc1ccc(C(=CC(=O)N2CCNCC2)c2ccc(OC)cc2)cc1. The summed E-state index contributed by atoms with van der Waals surface area (Å²) >= 11 is 0. The topological polar surface area (TPSA) is 50.8 Å². The number of nitrogens with one attached hydrogen (secondary N) is 1. The molecule has 5 heteroatoms. The molecule has 0 spiro atoms. The van der Waals surface area contributed by atoms with Gasteiger partial charge in [0.1, 0.15) is 11.5 Å². The third-order valence-electron chi connectivity index (χ3n) is 4.50. The number of carbonyl (C=O) groups is 1. The minimum absolute atomic E-state index is 0.0353. The van der Waals surface area contributed by atoms with Gasteiger partial charge in [0, 0.05) is 32.3 Å². The lowest BCUT2D eigenvalue weighted by Gasteiger charge is -2.26. The van der Waals surface area contributed by atoms with E-state index in [4.69, 9.17) is 9.47 Å². The molecule has 1 aliphatic rings. The van der Waals surface area contributed by atoms with Crippen LogP contribution >= 0.6 is 0 Å². The van der Waals surface area contributed by atoms with E-state index in [1.807, 2.05) is 53.4 Å². The van der Waals surface area contributed by atoms with Gasteiger partial charge in [0.05, 0.1) is 14.2 Å². The molecule has 0 unspecified atom stereocenters. The maximum absolute atomic E-state index is 12.8. The van der Waals surface area contributed by atoms with Crippen molar-refractivity contribution in [1.82, 2.24) is 10.2 Å². The van der Waals surface area contributed by atoms with Crippen molar-refractivity contribution < 1.29 is 14.3 Å². The number of amides is 1. The number of hydrogen-bond donors (Lipinski definition) is 1. The third kappa shape index (κ3) is 4.24. The fourth-order valence-corrected chi connectivity index (χ4v) is 2.97. The molecule has 1 heterocycles. The second-order valence-electron chi connectivity index (χ2n) is 6.09. The van der Waals surface area contributed by atoms with E-state index in [0.717, 1.165) is 54.4 Å². The lowest BCUT2D eigenvalue weighted by atomic mass is 9.97. The maximum atomic E-state index is 12.8. The molecule has 1 amide bonds. The van der Waals surface area contributed by atoms with E-state index in [-0.39, 0.29) is 5.91 Å². The summed E-state index contributed by atoms with van der Waals surface area (Å²) in [7, 11) is 3.28. The molecule has 5 nitrogen and oxygen atoms in total. The molecule has 0 saturated carbocycles. The van der Waals surface area contributed by atoms with Crippen LogP contribution in [0.5, 0.6) is 11.5 Å². The van der Waals surface area contributed by atoms with E-state index in [0.29, 0.717) is 0 Å². The predicted octanol–water partition coefficient (Wildman–Crippen LogP) is 2.57. The summed E-state index contributed by atoms with van der Waals surface area (Å²) < 4.78 is 10.5. The van der Waals surface area contributed by atoms with Crippen LogP contribution in [0, 0.1) is 0 Å². The largest absolute Gasteiger partial charge is 0.497 e. The Morgan fingerprint density at radius 2 is 1.35 bits per heavy atom. The van der Waals surface area contributed by atoms with Gasteiger partial charge in [-0.1, -0.05) is 24.3 Å². The summed E-state index contributed by atoms with van der Waals surface area (Å²) in [5.41, 5.74) is 2.83. The zero-order valence-electron chi connectivity index (χ0n) is 15.2. The van der Waals surface area contributed by atoms with Crippen molar-refractivity contribution in [3.8, 4) is 11.5 Å². The molecule has 3 rings (SSSR count). The van der Waals surface area contributed by atoms with Gasteiger partial charge in [-0.2, -0.15) is 0 Å². The average Bonchev–Trinajstić information content (AvgIpc) is 2.73. The molecule has 0 bridgehead atoms. The lowest BCUT2D eigenvalue weighted by Crippen LogP contribution is -2.45. The quantitative estimate of drug-likeness (QED) is 0.841. The van der Waals surface area contributed by atoms with Crippen LogP contribution in [-0.2, 0) is 4.79 Å². The fourth-order valence-electron chi connectivity index (χ4n) is 2.97. The summed E-state index contributed by atoms with van der Waals surface area (Å²) in [6.45, 7) is 3.13. The number of ether oxygens (including phenoxy) is 2. The molecular weight excluding hydrogens is 328 g/mol. The second kappa shape index (κ2) is 8.54. The lowest BCUT2D eigenvalue weighted by molar-refractivity contribution is -0.126. The summed E-state index contributed by atoms with van der Waals surface area (Å²) in [6, 6.07) is 15.5. The Morgan fingerprint density at radius 3 is 1.77 bits per heavy atom. The molecule has 0 aliphatic carbocycles. The van der Waals surface area contributed by atoms with Crippen molar-refractivity contribution in [2.75, 3.05) is 40.4 Å². The highest BCUT2D eigenvalue weighted by Gasteiger charge is 2.16. The van der Waals surface area contributed by atoms with Crippen molar-refractivity contribution in [3.63, 3.8) is 0 Å². The van der Waals surface area contributed by atoms with E-state index in [2.05, 4.69) is 5.32 Å². The molecular formula is C21H24N2O3. The summed E-state index contributed by atoms with van der Waals surface area (Å²) in [5, 5.41) is 3.27. The molecule has 2 aromatic rings. The fraction of sp³-hybridized carbons (Fsp3) is 0.286. The zero-order chi connectivity index (χ0) is 18.4. The number of piperazine rings is 1. The minimum Gasteiger partial charge on any atom is -0.497 e. The van der Waals surface area contributed by atoms with Gasteiger partial charge < -0.3 is 19.7 Å². The van der Waals surface area contributed by atoms with Crippen molar-refractivity contribution in [2.45, 2.75) is 0 Å². The van der Waals surface area contributed by atoms with Gasteiger partial charge in [-0.05, 0) is 41.0 Å². The van der Waals surface area contributed by atoms with Crippen LogP contribution in [0.25, 0.3) is 5.57 Å². The van der Waals surface area contributed by atoms with E-state index in [1.54, 1.807) is 20.3 Å². The molecule has 1 aliphatic heterocycles. The standard InChI is InChI=1S/C21H24N2O3/c1-25-18-7-3-16(4-8-18)20(17-5-9-19(26-2)10-6-17)15-21(24)23-13-11-22-12-14-23/h3-10,15,22H,11-14H2,1-2H3. The van der Waals surface area contributed by atoms with Crippen molar-refractivity contribution >= 4 is 11.5 Å². The summed E-state index contributed by atoms with van der Waals surface area (Å²) in [5.74, 6) is 1.61. The van der Waals surface area contributed by atoms with E-state index >= 15 is 0 Å². The van der Waals surface area contributed by atoms with Gasteiger partial charge in [0.2, 0.25) is 5.91 Å². The highest BCUT2D eigenvalue weighted by Crippen LogP contribution is 2.27. The monoisotopic (exact) mass is 352 g/mol. The molecule has 26 heavy (non-hydrogen) atoms. The second-order valence-corrected chi connectivity index (χ2v) is 6.09. The molecule has 1 N–H and O–H groups in total. The molecule has 1 saturated heterocycles. The Labute approximate surface area is 154 Å². The molecule has 0 atom stereocenters. The van der Waals surface area contributed by atoms with Crippen LogP contribution in [0.1, 0.15) is 11.1 Å². The molecule has 136 valence electrons. The maximum Gasteiger partial charge on any atom is 0.247 e. The highest BCUT2D eigenvalue weighted by molar-refractivity contribution is 5.99. The first-order chi connectivity index (χ1) is 12.7. The Hall–Kier alpha value is -2.79. The minimum atomic E-state index is 0.0353. The molecule has 0 aromatic heterocycles. The first-order valence-corrected chi connectivity index (χ1v) is 8.71. The van der Waals surface area contributed by atoms with Gasteiger partial charge >= 0.3 is 0 Å². The van der Waals surface area contributed by atoms with E-state index < -0.39 is 0 Å². The number of methoxy groups -OCH3 is 2. The summed E-state index contributed by atoms with van der Waals surface area (Å²) in [6.07, 6.45) is 1.73. The van der Waals surface area contributed by atoms with Gasteiger partial charge in [-0.3, -0.25) is 4.79 Å². The first-order valence-electron chi connectivity index (χ1n) is 8.71. The Morgan fingerprint density at radius 1 is 0.885 bits per heavy atom. The van der Waals surface area contributed by atoms with Crippen LogP contribution in [0.3, 0.4) is 0 Å². The number of nitrogens with zero attached hydrogens (tertiary/aromatic N) is 1. The number of carbonyl (C=O) groups excluding carboxylic acids is 1. The van der Waals surface area contributed by atoms with Crippen molar-refractivity contribution in [3.05, 3.63) is 65.7 Å². The predicted molar refractivity (Wildman–Crippen MR) is 103 cm³/mol. The smallest absolute Gasteiger partial charge is 0.247 e. The molecule has 2 aromatic carbocycles. The Kier molecular flexibility index (Phi) is 5.92. The average molecular weight is 352 g/mol. The zero-order valence-corrected chi connectivity index (χ0v) is 15.2. The van der Waals surface area contributed by atoms with Crippen LogP contribution < -0.4 is 14.8 Å². The Balaban J connectivity index is 1.96. The molecule has 0 radical (unpaired) electrons. The van der Waals surface area contributed by atoms with Crippen LogP contribution in [0.15, 0.2) is 54.6 Å². The van der Waals surface area contributed by atoms with E-state index in [9.17, 15) is 4.79 Å². The number of hydrogen-bond acceptors (Lipinski definition) is 4. The van der Waals surface area contributed by atoms with Crippen LogP contribution in [-0.4, -0.2) is 51.2 Å². The van der Waals surface area contributed by atoms with Gasteiger partial charge in [0.25, 0.3) is 0 Å². The number of rotatable bonds is 5. The first kappa shape index (κ1) is 18.0. The third-order valence-corrected chi connectivity index (χ3v) is 4.50. The summed E-state index contributed by atoms with van der Waals surface area (Å²) in [4.78, 5) is 14.7.